The molecule has 0 aromatic heterocycles. The van der Waals surface area contributed by atoms with E-state index in [0.717, 1.165) is 81.7 Å². The smallest absolute Gasteiger partial charge is 0.211 e. The number of hydrogen-bond donors (Lipinski definition) is 2. The van der Waals surface area contributed by atoms with E-state index in [4.69, 9.17) is 10.2 Å². The third kappa shape index (κ3) is 11.1. The van der Waals surface area contributed by atoms with E-state index in [0.29, 0.717) is 0 Å². The molecule has 0 atom stereocenters. The number of aryl methyl sites for hydroxylation is 2. The molecule has 0 bridgehead atoms. The fourth-order valence-corrected chi connectivity index (χ4v) is 5.20. The van der Waals surface area contributed by atoms with E-state index in [-0.39, 0.29) is 16.5 Å². The Kier molecular flexibility index (Phi) is 21.4. The van der Waals surface area contributed by atoms with Gasteiger partial charge in [-0.3, -0.25) is 0 Å². The summed E-state index contributed by atoms with van der Waals surface area (Å²) in [5.41, 5.74) is 21.6. The molecule has 226 valence electrons. The molecule has 0 radical (unpaired) electrons. The van der Waals surface area contributed by atoms with Crippen LogP contribution in [-0.4, -0.2) is 29.1 Å². The van der Waals surface area contributed by atoms with E-state index in [1.54, 1.807) is 4.70 Å². The van der Waals surface area contributed by atoms with Crippen molar-refractivity contribution in [3.8, 4) is 0 Å². The molecular weight excluding hydrogens is 539 g/mol. The topological polar surface area (TPSA) is 65.8 Å². The van der Waals surface area contributed by atoms with Gasteiger partial charge in [0.15, 0.2) is 0 Å². The van der Waals surface area contributed by atoms with Crippen molar-refractivity contribution >= 4 is 11.4 Å². The molecule has 1 aliphatic rings. The molecule has 1 aliphatic heterocycles. The summed E-state index contributed by atoms with van der Waals surface area (Å²) in [6.07, 6.45) is 14.9. The Morgan fingerprint density at radius 2 is 0.925 bits per heavy atom. The zero-order chi connectivity index (χ0) is 29.0. The molecule has 5 heteroatoms. The molecule has 2 N–H and O–H groups in total. The van der Waals surface area contributed by atoms with Crippen LogP contribution in [0.1, 0.15) is 121 Å². The second kappa shape index (κ2) is 22.6. The Hall–Kier alpha value is -2.07. The monoisotopic (exact) mass is 592 g/mol. The summed E-state index contributed by atoms with van der Waals surface area (Å²) < 4.78 is 1.55. The molecule has 0 saturated heterocycles. The van der Waals surface area contributed by atoms with Crippen LogP contribution in [-0.2, 0) is 29.3 Å². The third-order valence-electron chi connectivity index (χ3n) is 7.21. The van der Waals surface area contributed by atoms with Gasteiger partial charge in [-0.15, -0.1) is 0 Å². The minimum absolute atomic E-state index is 0. The number of nitrogens with zero attached hydrogens (tertiary/aromatic N) is 2. The number of rotatable bonds is 15. The molecule has 40 heavy (non-hydrogen) atoms. The van der Waals surface area contributed by atoms with Gasteiger partial charge in [0.2, 0.25) is 11.4 Å². The summed E-state index contributed by atoms with van der Waals surface area (Å²) in [6.45, 7) is 9.01. The fourth-order valence-electron chi connectivity index (χ4n) is 5.20. The maximum absolute atomic E-state index is 11.8. The van der Waals surface area contributed by atoms with Gasteiger partial charge in [-0.1, -0.05) is 84.1 Å². The van der Waals surface area contributed by atoms with Crippen molar-refractivity contribution in [3.05, 3.63) is 87.5 Å². The molecule has 3 rings (SSSR count). The van der Waals surface area contributed by atoms with Gasteiger partial charge in [0.25, 0.3) is 0 Å². The Bertz CT molecular complexity index is 1060. The van der Waals surface area contributed by atoms with Gasteiger partial charge in [0.05, 0.1) is 0 Å². The molecule has 0 unspecified atom stereocenters. The fraction of sp³-hybridized carbons (Fsp3) is 0.543. The van der Waals surface area contributed by atoms with Crippen molar-refractivity contribution in [3.63, 3.8) is 0 Å². The van der Waals surface area contributed by atoms with E-state index >= 15 is 0 Å². The molecule has 0 fully saturated rings. The maximum atomic E-state index is 11.8. The SMILES string of the molecule is CCCCCC1=C(c2cccc(CCCC)c2)[N+](=[N-])C(c2cccc(CCCC)c2)=C1CCCC.CO.CO.[Ni]. The summed E-state index contributed by atoms with van der Waals surface area (Å²) >= 11 is 0. The van der Waals surface area contributed by atoms with Crippen molar-refractivity contribution in [1.29, 1.82) is 0 Å². The number of aliphatic hydroxyl groups excluding tert-OH is 2. The first kappa shape index (κ1) is 37.9. The molecule has 1 heterocycles. The number of hydrogen-bond acceptors (Lipinski definition) is 2. The largest absolute Gasteiger partial charge is 0.493 e. The van der Waals surface area contributed by atoms with Crippen molar-refractivity contribution in [2.75, 3.05) is 14.2 Å². The normalized spacial score (nSPS) is 12.4. The predicted molar refractivity (Wildman–Crippen MR) is 168 cm³/mol. The van der Waals surface area contributed by atoms with Crippen LogP contribution in [0.2, 0.25) is 0 Å². The second-order valence-electron chi connectivity index (χ2n) is 10.1. The van der Waals surface area contributed by atoms with Crippen LogP contribution in [0.3, 0.4) is 0 Å². The average Bonchev–Trinajstić information content (AvgIpc) is 3.26. The van der Waals surface area contributed by atoms with E-state index in [9.17, 15) is 5.53 Å². The van der Waals surface area contributed by atoms with Crippen LogP contribution >= 0.6 is 0 Å². The van der Waals surface area contributed by atoms with Crippen molar-refractivity contribution in [2.24, 2.45) is 0 Å². The van der Waals surface area contributed by atoms with Crippen LogP contribution < -0.4 is 0 Å². The number of aliphatic hydroxyl groups is 2. The Morgan fingerprint density at radius 1 is 0.550 bits per heavy atom. The molecular formula is C35H54N2NiO2. The third-order valence-corrected chi connectivity index (χ3v) is 7.21. The molecule has 0 saturated carbocycles. The molecule has 2 aromatic rings. The zero-order valence-corrected chi connectivity index (χ0v) is 26.9. The van der Waals surface area contributed by atoms with Crippen LogP contribution in [0, 0.1) is 0 Å². The zero-order valence-electron chi connectivity index (χ0n) is 25.9. The minimum atomic E-state index is 0. The number of unbranched alkanes of at least 4 members (excludes halogenated alkanes) is 5. The van der Waals surface area contributed by atoms with E-state index in [1.807, 2.05) is 0 Å². The second-order valence-corrected chi connectivity index (χ2v) is 10.1. The van der Waals surface area contributed by atoms with Crippen molar-refractivity contribution < 1.29 is 31.4 Å². The van der Waals surface area contributed by atoms with E-state index in [1.165, 1.54) is 60.8 Å². The molecule has 2 aromatic carbocycles. The summed E-state index contributed by atoms with van der Waals surface area (Å²) in [4.78, 5) is 0. The van der Waals surface area contributed by atoms with Crippen LogP contribution in [0.25, 0.3) is 16.9 Å². The Labute approximate surface area is 255 Å². The minimum Gasteiger partial charge on any atom is -0.493 e. The quantitative estimate of drug-likeness (QED) is 0.123. The van der Waals surface area contributed by atoms with E-state index in [2.05, 4.69) is 76.2 Å². The first-order chi connectivity index (χ1) is 19.1. The van der Waals surface area contributed by atoms with Crippen LogP contribution in [0.5, 0.6) is 0 Å². The summed E-state index contributed by atoms with van der Waals surface area (Å²) in [7, 11) is 2.00. The molecule has 0 spiro atoms. The Balaban J connectivity index is 0.00000291. The predicted octanol–water partition coefficient (Wildman–Crippen LogP) is 9.53. The Morgan fingerprint density at radius 3 is 1.32 bits per heavy atom. The first-order valence-electron chi connectivity index (χ1n) is 15.2. The summed E-state index contributed by atoms with van der Waals surface area (Å²) in [5.74, 6) is 0. The van der Waals surface area contributed by atoms with Gasteiger partial charge in [0, 0.05) is 53.0 Å². The molecule has 0 amide bonds. The van der Waals surface area contributed by atoms with Gasteiger partial charge in [-0.05, 0) is 86.8 Å². The average molecular weight is 594 g/mol. The maximum Gasteiger partial charge on any atom is 0.211 e. The van der Waals surface area contributed by atoms with Crippen LogP contribution in [0.15, 0.2) is 59.7 Å². The molecule has 0 aliphatic carbocycles. The van der Waals surface area contributed by atoms with Gasteiger partial charge in [-0.2, -0.15) is 0 Å². The van der Waals surface area contributed by atoms with Crippen LogP contribution in [0.4, 0.5) is 0 Å². The van der Waals surface area contributed by atoms with Crippen molar-refractivity contribution in [1.82, 2.24) is 0 Å². The summed E-state index contributed by atoms with van der Waals surface area (Å²) in [6, 6.07) is 17.8. The van der Waals surface area contributed by atoms with Gasteiger partial charge in [-0.25, -0.2) is 4.70 Å². The summed E-state index contributed by atoms with van der Waals surface area (Å²) in [5, 5.41) is 14.0. The molecule has 4 nitrogen and oxygen atoms in total. The van der Waals surface area contributed by atoms with Gasteiger partial charge in [0.1, 0.15) is 0 Å². The standard InChI is InChI=1S/C33H46N2.2CH4O.Ni/c1-5-9-13-23-31-30(22-12-8-4)32(28-20-14-18-26(24-28)16-10-6-2)35(34)33(31)29-21-15-19-27(25-29)17-11-7-3;2*1-2;/h14-15,18-21,24-25H,5-13,16-17,22-23H2,1-4H3;2*2H,1H3;. The van der Waals surface area contributed by atoms with E-state index < -0.39 is 0 Å². The first-order valence-corrected chi connectivity index (χ1v) is 15.2. The van der Waals surface area contributed by atoms with Gasteiger partial charge < -0.3 is 15.7 Å². The van der Waals surface area contributed by atoms with Gasteiger partial charge >= 0.3 is 0 Å². The van der Waals surface area contributed by atoms with Crippen molar-refractivity contribution in [2.45, 2.75) is 111 Å². The number of benzene rings is 2. The number of allylic oxidation sites excluding steroid dienone is 2.